The summed E-state index contributed by atoms with van der Waals surface area (Å²) in [5.74, 6) is -3.03. The van der Waals surface area contributed by atoms with Crippen LogP contribution >= 0.6 is 34.8 Å². The van der Waals surface area contributed by atoms with Crippen molar-refractivity contribution in [3.8, 4) is 0 Å². The van der Waals surface area contributed by atoms with E-state index < -0.39 is 58.9 Å². The number of hydrogen-bond acceptors (Lipinski definition) is 11. The molecule has 0 heterocycles. The summed E-state index contributed by atoms with van der Waals surface area (Å²) in [5, 5.41) is 9.50. The first-order valence-electron chi connectivity index (χ1n) is 21.9. The van der Waals surface area contributed by atoms with E-state index in [0.717, 1.165) is 25.7 Å². The molecule has 2 aromatic carbocycles. The maximum absolute atomic E-state index is 13.1. The zero-order valence-electron chi connectivity index (χ0n) is 39.1. The van der Waals surface area contributed by atoms with Crippen molar-refractivity contribution in [3.05, 3.63) is 69.7 Å². The molecule has 360 valence electrons. The molecule has 0 bridgehead atoms. The number of benzene rings is 2. The van der Waals surface area contributed by atoms with E-state index >= 15 is 0 Å². The van der Waals surface area contributed by atoms with Crippen LogP contribution in [-0.2, 0) is 54.1 Å². The lowest BCUT2D eigenvalue weighted by Crippen LogP contribution is -2.54. The van der Waals surface area contributed by atoms with Crippen molar-refractivity contribution in [2.45, 2.75) is 143 Å². The fraction of sp³-hybridized carbons (Fsp3) is 0.583. The van der Waals surface area contributed by atoms with E-state index in [1.807, 2.05) is 33.8 Å². The normalized spacial score (nSPS) is 20.0. The van der Waals surface area contributed by atoms with Gasteiger partial charge in [-0.3, -0.25) is 29.0 Å². The first-order valence-corrected chi connectivity index (χ1v) is 23.1. The predicted octanol–water partition coefficient (Wildman–Crippen LogP) is 10.5. The van der Waals surface area contributed by atoms with Gasteiger partial charge in [-0.1, -0.05) is 98.9 Å². The SMILES string of the molecule is CC(=O)C[C@H](C(=O)O)C(C)C.CC(=O)C[C@H](C(=O)OC(C)OC(=O)N(C)[C@@]1(c2ccccc2Cl)CCCCC1=O)C(C)C.CC(Cl)OC(=O)N(C)[C@@]1(c2ccccc2Cl)CCCCC1=O. The van der Waals surface area contributed by atoms with Gasteiger partial charge < -0.3 is 28.9 Å². The highest BCUT2D eigenvalue weighted by atomic mass is 35.5. The Hall–Kier alpha value is -4.53. The smallest absolute Gasteiger partial charge is 0.413 e. The number of ketones is 4. The van der Waals surface area contributed by atoms with E-state index in [1.165, 1.54) is 37.6 Å². The van der Waals surface area contributed by atoms with Crippen LogP contribution in [-0.4, -0.2) is 88.1 Å². The van der Waals surface area contributed by atoms with Gasteiger partial charge in [-0.15, -0.1) is 0 Å². The van der Waals surface area contributed by atoms with Crippen molar-refractivity contribution >= 4 is 82.1 Å². The van der Waals surface area contributed by atoms with Crippen molar-refractivity contribution < 1.29 is 57.7 Å². The first kappa shape index (κ1) is 56.6. The number of carboxylic acids is 1. The molecule has 0 saturated heterocycles. The molecule has 2 aliphatic rings. The van der Waals surface area contributed by atoms with Gasteiger partial charge in [-0.25, -0.2) is 9.59 Å². The Morgan fingerprint density at radius 2 is 1.02 bits per heavy atom. The number of rotatable bonds is 15. The molecule has 1 N–H and O–H groups in total. The van der Waals surface area contributed by atoms with Crippen LogP contribution in [0.3, 0.4) is 0 Å². The quantitative estimate of drug-likeness (QED) is 0.101. The Kier molecular flexibility index (Phi) is 22.6. The highest BCUT2D eigenvalue weighted by Crippen LogP contribution is 2.44. The fourth-order valence-corrected chi connectivity index (χ4v) is 8.76. The summed E-state index contributed by atoms with van der Waals surface area (Å²) in [6.45, 7) is 13.1. The van der Waals surface area contributed by atoms with E-state index in [1.54, 1.807) is 56.4 Å². The summed E-state index contributed by atoms with van der Waals surface area (Å²) >= 11 is 18.5. The standard InChI is InChI=1S/C24H32ClNO6.C16H19Cl2NO3.C8H14O3/c1-15(2)18(14-16(3)27)22(29)31-17(4)32-23(30)26(5)24(13-9-8-12-21(24)28)19-10-6-7-11-20(19)25;1-11(17)22-15(21)19(2)16(10-6-5-9-14(16)20)12-7-3-4-8-13(12)18;1-5(2)7(8(10)11)4-6(3)9/h6-7,10-11,15,17-18H,8-9,12-14H2,1-5H3;3-4,7-8,11H,5-6,9-10H2,1-2H3;5,7H,4H2,1-3H3,(H,10,11)/t17?,18-,24+;11?,16-;7-/m010/s1. The lowest BCUT2D eigenvalue weighted by molar-refractivity contribution is -0.174. The van der Waals surface area contributed by atoms with Crippen LogP contribution in [0.2, 0.25) is 10.0 Å². The molecule has 17 heteroatoms. The van der Waals surface area contributed by atoms with Crippen LogP contribution in [0.15, 0.2) is 48.5 Å². The maximum atomic E-state index is 13.1. The molecule has 2 unspecified atom stereocenters. The van der Waals surface area contributed by atoms with Crippen LogP contribution in [0.4, 0.5) is 9.59 Å². The largest absolute Gasteiger partial charge is 0.481 e. The fourth-order valence-electron chi connectivity index (χ4n) is 8.10. The Labute approximate surface area is 397 Å². The highest BCUT2D eigenvalue weighted by Gasteiger charge is 2.50. The number of aliphatic carboxylic acids is 1. The molecule has 2 amide bonds. The molecular formula is C48H65Cl3N2O12. The van der Waals surface area contributed by atoms with Crippen LogP contribution in [0, 0.1) is 23.7 Å². The molecular weight excluding hydrogens is 903 g/mol. The second-order valence-electron chi connectivity index (χ2n) is 17.2. The van der Waals surface area contributed by atoms with Crippen molar-refractivity contribution in [3.63, 3.8) is 0 Å². The molecule has 0 aromatic heterocycles. The molecule has 2 fully saturated rings. The Morgan fingerprint density at radius 3 is 1.34 bits per heavy atom. The van der Waals surface area contributed by atoms with Gasteiger partial charge in [0.05, 0.1) is 11.8 Å². The second kappa shape index (κ2) is 26.0. The van der Waals surface area contributed by atoms with Gasteiger partial charge >= 0.3 is 24.1 Å². The monoisotopic (exact) mass is 966 g/mol. The highest BCUT2D eigenvalue weighted by molar-refractivity contribution is 6.32. The molecule has 2 aromatic rings. The molecule has 0 aliphatic heterocycles. The molecule has 14 nitrogen and oxygen atoms in total. The summed E-state index contributed by atoms with van der Waals surface area (Å²) < 4.78 is 15.7. The topological polar surface area (TPSA) is 191 Å². The third-order valence-electron chi connectivity index (χ3n) is 11.7. The van der Waals surface area contributed by atoms with Crippen LogP contribution in [0.25, 0.3) is 0 Å². The number of alkyl halides is 1. The summed E-state index contributed by atoms with van der Waals surface area (Å²) in [6.07, 6.45) is 2.43. The van der Waals surface area contributed by atoms with Crippen LogP contribution < -0.4 is 0 Å². The van der Waals surface area contributed by atoms with E-state index in [0.29, 0.717) is 46.9 Å². The number of esters is 1. The first-order chi connectivity index (χ1) is 30.3. The Balaban J connectivity index is 0.000000378. The summed E-state index contributed by atoms with van der Waals surface area (Å²) in [5.41, 5.74) is -1.90. The zero-order chi connectivity index (χ0) is 49.4. The number of nitrogens with zero attached hydrogens (tertiary/aromatic N) is 2. The minimum atomic E-state index is -1.24. The van der Waals surface area contributed by atoms with Gasteiger partial charge in [-0.2, -0.15) is 0 Å². The Morgan fingerprint density at radius 1 is 0.631 bits per heavy atom. The number of likely N-dealkylation sites (N-methyl/N-ethyl adjacent to an activating group) is 2. The van der Waals surface area contributed by atoms with Gasteiger partial charge in [0, 0.05) is 67.9 Å². The van der Waals surface area contributed by atoms with Gasteiger partial charge in [-0.05, 0) is 83.3 Å². The second-order valence-corrected chi connectivity index (χ2v) is 18.7. The van der Waals surface area contributed by atoms with Gasteiger partial charge in [0.25, 0.3) is 0 Å². The predicted molar refractivity (Wildman–Crippen MR) is 247 cm³/mol. The van der Waals surface area contributed by atoms with Crippen LogP contribution in [0.5, 0.6) is 0 Å². The summed E-state index contributed by atoms with van der Waals surface area (Å²) in [6, 6.07) is 14.1. The zero-order valence-corrected chi connectivity index (χ0v) is 41.4. The number of carbonyl (C=O) groups is 8. The molecule has 2 saturated carbocycles. The molecule has 2 aliphatic carbocycles. The van der Waals surface area contributed by atoms with Gasteiger partial charge in [0.15, 0.2) is 17.1 Å². The van der Waals surface area contributed by atoms with E-state index in [-0.39, 0.29) is 47.8 Å². The third-order valence-corrected chi connectivity index (χ3v) is 12.4. The van der Waals surface area contributed by atoms with Gasteiger partial charge in [0.1, 0.15) is 22.6 Å². The average Bonchev–Trinajstić information content (AvgIpc) is 3.22. The third kappa shape index (κ3) is 15.3. The minimum Gasteiger partial charge on any atom is -0.481 e. The van der Waals surface area contributed by atoms with E-state index in [2.05, 4.69) is 0 Å². The summed E-state index contributed by atoms with van der Waals surface area (Å²) in [4.78, 5) is 98.9. The van der Waals surface area contributed by atoms with Crippen molar-refractivity contribution in [2.24, 2.45) is 23.7 Å². The number of halogens is 3. The minimum absolute atomic E-state index is 0.0199. The molecule has 4 rings (SSSR count). The number of Topliss-reactive ketones (excluding diaryl/α,β-unsaturated/α-hetero) is 4. The molecule has 0 spiro atoms. The van der Waals surface area contributed by atoms with Crippen LogP contribution in [0.1, 0.15) is 131 Å². The number of carboxylic acid groups (broad SMARTS) is 1. The van der Waals surface area contributed by atoms with Crippen molar-refractivity contribution in [1.82, 2.24) is 9.80 Å². The maximum Gasteiger partial charge on any atom is 0.413 e. The lowest BCUT2D eigenvalue weighted by Gasteiger charge is -2.43. The molecule has 0 radical (unpaired) electrons. The number of amides is 2. The van der Waals surface area contributed by atoms with Gasteiger partial charge in [0.2, 0.25) is 6.29 Å². The molecule has 65 heavy (non-hydrogen) atoms. The van der Waals surface area contributed by atoms with Crippen molar-refractivity contribution in [2.75, 3.05) is 14.1 Å². The Bertz CT molecular complexity index is 2010. The molecule has 6 atom stereocenters. The van der Waals surface area contributed by atoms with E-state index in [4.69, 9.17) is 54.1 Å². The lowest BCUT2D eigenvalue weighted by atomic mass is 9.74. The number of ether oxygens (including phenoxy) is 3. The summed E-state index contributed by atoms with van der Waals surface area (Å²) in [7, 11) is 3.06. The number of carbonyl (C=O) groups excluding carboxylic acids is 7. The number of hydrogen-bond donors (Lipinski definition) is 1. The van der Waals surface area contributed by atoms with Crippen molar-refractivity contribution in [1.29, 1.82) is 0 Å². The van der Waals surface area contributed by atoms with E-state index in [9.17, 15) is 38.4 Å². The average molecular weight is 968 g/mol.